The van der Waals surface area contributed by atoms with Crippen LogP contribution in [0.25, 0.3) is 0 Å². The Bertz CT molecular complexity index is 947. The highest BCUT2D eigenvalue weighted by atomic mass is 79.9. The van der Waals surface area contributed by atoms with Crippen LogP contribution < -0.4 is 4.31 Å². The third-order valence-corrected chi connectivity index (χ3v) is 5.84. The van der Waals surface area contributed by atoms with Crippen molar-refractivity contribution in [2.75, 3.05) is 10.8 Å². The lowest BCUT2D eigenvalue weighted by Gasteiger charge is -2.24. The Morgan fingerprint density at radius 2 is 2.00 bits per heavy atom. The van der Waals surface area contributed by atoms with Crippen molar-refractivity contribution in [2.24, 2.45) is 0 Å². The zero-order valence-electron chi connectivity index (χ0n) is 13.1. The van der Waals surface area contributed by atoms with Gasteiger partial charge in [0.05, 0.1) is 22.1 Å². The van der Waals surface area contributed by atoms with E-state index in [9.17, 15) is 22.9 Å². The average Bonchev–Trinajstić information content (AvgIpc) is 2.53. The molecule has 0 amide bonds. The molecule has 132 valence electrons. The normalized spacial score (nSPS) is 11.2. The van der Waals surface area contributed by atoms with Crippen molar-refractivity contribution in [3.63, 3.8) is 0 Å². The third-order valence-electron chi connectivity index (χ3n) is 3.42. The maximum Gasteiger partial charge on any atom is 0.270 e. The lowest BCUT2D eigenvalue weighted by molar-refractivity contribution is -0.385. The highest BCUT2D eigenvalue weighted by Crippen LogP contribution is 2.31. The zero-order valence-corrected chi connectivity index (χ0v) is 15.5. The molecule has 6 nitrogen and oxygen atoms in total. The minimum atomic E-state index is -4.24. The van der Waals surface area contributed by atoms with Gasteiger partial charge in [-0.15, -0.1) is 6.58 Å². The number of anilines is 1. The number of nitro groups is 1. The van der Waals surface area contributed by atoms with Gasteiger partial charge in [-0.3, -0.25) is 14.4 Å². The van der Waals surface area contributed by atoms with Crippen LogP contribution in [0.4, 0.5) is 15.8 Å². The lowest BCUT2D eigenvalue weighted by Crippen LogP contribution is -2.32. The summed E-state index contributed by atoms with van der Waals surface area (Å²) in [4.78, 5) is 10.0. The Morgan fingerprint density at radius 1 is 1.32 bits per heavy atom. The monoisotopic (exact) mass is 428 g/mol. The predicted octanol–water partition coefficient (Wildman–Crippen LogP) is 4.19. The van der Waals surface area contributed by atoms with Gasteiger partial charge in [-0.05, 0) is 30.7 Å². The fourth-order valence-corrected chi connectivity index (χ4v) is 4.25. The molecule has 0 saturated heterocycles. The SMILES string of the molecule is C=CCN(c1ccc(Br)cc1F)S(=O)(=O)c1cc([N+](=O)[O-])ccc1C. The molecule has 25 heavy (non-hydrogen) atoms. The summed E-state index contributed by atoms with van der Waals surface area (Å²) in [6, 6.07) is 7.48. The molecule has 0 aliphatic rings. The van der Waals surface area contributed by atoms with Gasteiger partial charge < -0.3 is 0 Å². The van der Waals surface area contributed by atoms with Crippen LogP contribution in [0.5, 0.6) is 0 Å². The van der Waals surface area contributed by atoms with E-state index in [-0.39, 0.29) is 22.8 Å². The first-order valence-electron chi connectivity index (χ1n) is 7.02. The van der Waals surface area contributed by atoms with Crippen molar-refractivity contribution in [3.05, 3.63) is 75.0 Å². The Morgan fingerprint density at radius 3 is 2.56 bits per heavy atom. The second kappa shape index (κ2) is 7.32. The van der Waals surface area contributed by atoms with Gasteiger partial charge in [0.25, 0.3) is 15.7 Å². The number of nitrogens with zero attached hydrogens (tertiary/aromatic N) is 2. The van der Waals surface area contributed by atoms with Crippen LogP contribution in [0.15, 0.2) is 58.4 Å². The maximum absolute atomic E-state index is 14.3. The van der Waals surface area contributed by atoms with Crippen molar-refractivity contribution in [2.45, 2.75) is 11.8 Å². The van der Waals surface area contributed by atoms with Crippen molar-refractivity contribution >= 4 is 37.3 Å². The topological polar surface area (TPSA) is 80.5 Å². The lowest BCUT2D eigenvalue weighted by atomic mass is 10.2. The summed E-state index contributed by atoms with van der Waals surface area (Å²) < 4.78 is 41.6. The van der Waals surface area contributed by atoms with Gasteiger partial charge in [0.1, 0.15) is 5.82 Å². The van der Waals surface area contributed by atoms with E-state index in [4.69, 9.17) is 0 Å². The molecule has 0 heterocycles. The van der Waals surface area contributed by atoms with E-state index in [1.165, 1.54) is 37.3 Å². The molecule has 0 radical (unpaired) electrons. The Labute approximate surface area is 152 Å². The van der Waals surface area contributed by atoms with Gasteiger partial charge in [0.15, 0.2) is 0 Å². The minimum absolute atomic E-state index is 0.172. The summed E-state index contributed by atoms with van der Waals surface area (Å²) in [5, 5.41) is 11.0. The predicted molar refractivity (Wildman–Crippen MR) is 96.7 cm³/mol. The fraction of sp³-hybridized carbons (Fsp3) is 0.125. The van der Waals surface area contributed by atoms with Crippen LogP contribution in [0.3, 0.4) is 0 Å². The first kappa shape index (κ1) is 19.1. The Balaban J connectivity index is 2.67. The third kappa shape index (κ3) is 3.88. The standard InChI is InChI=1S/C16H14BrFN2O4S/c1-3-8-19(15-7-5-12(17)9-14(15)18)25(23,24)16-10-13(20(21)22)6-4-11(16)2/h3-7,9-10H,1,8H2,2H3. The van der Waals surface area contributed by atoms with Crippen LogP contribution in [-0.4, -0.2) is 19.9 Å². The number of hydrogen-bond acceptors (Lipinski definition) is 4. The van der Waals surface area contributed by atoms with Crippen LogP contribution in [0.1, 0.15) is 5.56 Å². The largest absolute Gasteiger partial charge is 0.270 e. The van der Waals surface area contributed by atoms with Crippen molar-refractivity contribution < 1.29 is 17.7 Å². The van der Waals surface area contributed by atoms with Crippen LogP contribution in [-0.2, 0) is 10.0 Å². The van der Waals surface area contributed by atoms with E-state index >= 15 is 0 Å². The molecule has 0 aliphatic carbocycles. The van der Waals surface area contributed by atoms with Gasteiger partial charge in [-0.2, -0.15) is 0 Å². The molecule has 0 unspecified atom stereocenters. The molecule has 0 bridgehead atoms. The van der Waals surface area contributed by atoms with E-state index in [1.54, 1.807) is 0 Å². The number of hydrogen-bond donors (Lipinski definition) is 0. The fourth-order valence-electron chi connectivity index (χ4n) is 2.23. The van der Waals surface area contributed by atoms with Gasteiger partial charge >= 0.3 is 0 Å². The van der Waals surface area contributed by atoms with Gasteiger partial charge in [-0.1, -0.05) is 28.1 Å². The number of rotatable bonds is 6. The summed E-state index contributed by atoms with van der Waals surface area (Å²) in [5.74, 6) is -0.747. The molecular formula is C16H14BrFN2O4S. The Hall–Kier alpha value is -2.26. The molecule has 9 heteroatoms. The second-order valence-electron chi connectivity index (χ2n) is 5.13. The highest BCUT2D eigenvalue weighted by Gasteiger charge is 2.29. The van der Waals surface area contributed by atoms with E-state index in [1.807, 2.05) is 0 Å². The molecule has 0 aliphatic heterocycles. The number of sulfonamides is 1. The van der Waals surface area contributed by atoms with Gasteiger partial charge in [0.2, 0.25) is 0 Å². The van der Waals surface area contributed by atoms with E-state index in [0.29, 0.717) is 10.0 Å². The molecule has 0 spiro atoms. The van der Waals surface area contributed by atoms with Crippen molar-refractivity contribution in [3.8, 4) is 0 Å². The number of non-ortho nitro benzene ring substituents is 1. The maximum atomic E-state index is 14.3. The summed E-state index contributed by atoms with van der Waals surface area (Å²) >= 11 is 3.11. The molecule has 2 rings (SSSR count). The molecule has 2 aromatic carbocycles. The zero-order chi connectivity index (χ0) is 18.8. The van der Waals surface area contributed by atoms with Crippen molar-refractivity contribution in [1.29, 1.82) is 0 Å². The summed E-state index contributed by atoms with van der Waals surface area (Å²) in [7, 11) is -4.24. The summed E-state index contributed by atoms with van der Waals surface area (Å²) in [6.45, 7) is 4.83. The van der Waals surface area contributed by atoms with Gasteiger partial charge in [0, 0.05) is 16.6 Å². The number of benzene rings is 2. The Kier molecular flexibility index (Phi) is 5.58. The smallest absolute Gasteiger partial charge is 0.260 e. The first-order chi connectivity index (χ1) is 11.7. The van der Waals surface area contributed by atoms with Gasteiger partial charge in [-0.25, -0.2) is 12.8 Å². The molecule has 0 atom stereocenters. The van der Waals surface area contributed by atoms with Crippen LogP contribution >= 0.6 is 15.9 Å². The number of halogens is 2. The molecule has 0 N–H and O–H groups in total. The minimum Gasteiger partial charge on any atom is -0.260 e. The second-order valence-corrected chi connectivity index (χ2v) is 7.87. The summed E-state index contributed by atoms with van der Waals surface area (Å²) in [5.41, 5.74) is -0.217. The van der Waals surface area contributed by atoms with Crippen molar-refractivity contribution in [1.82, 2.24) is 0 Å². The average molecular weight is 429 g/mol. The van der Waals surface area contributed by atoms with Crippen LogP contribution in [0.2, 0.25) is 0 Å². The first-order valence-corrected chi connectivity index (χ1v) is 9.25. The molecule has 0 saturated carbocycles. The molecule has 0 aromatic heterocycles. The molecule has 2 aromatic rings. The number of nitro benzene ring substituents is 1. The number of aryl methyl sites for hydroxylation is 1. The van der Waals surface area contributed by atoms with E-state index < -0.39 is 20.8 Å². The summed E-state index contributed by atoms with van der Waals surface area (Å²) in [6.07, 6.45) is 1.31. The van der Waals surface area contributed by atoms with Crippen LogP contribution in [0, 0.1) is 22.9 Å². The highest BCUT2D eigenvalue weighted by molar-refractivity contribution is 9.10. The molecule has 0 fully saturated rings. The quantitative estimate of drug-likeness (QED) is 0.392. The van der Waals surface area contributed by atoms with E-state index in [0.717, 1.165) is 16.4 Å². The van der Waals surface area contributed by atoms with E-state index in [2.05, 4.69) is 22.5 Å². The molecular weight excluding hydrogens is 415 g/mol.